The SMILES string of the molecule is Cn1c(C(=O)NCc2cnc3cnccn23)cnc1-c1ccccc1. The molecule has 0 saturated carbocycles. The summed E-state index contributed by atoms with van der Waals surface area (Å²) in [5.74, 6) is 0.577. The van der Waals surface area contributed by atoms with Gasteiger partial charge in [-0.25, -0.2) is 9.97 Å². The van der Waals surface area contributed by atoms with Gasteiger partial charge in [-0.3, -0.25) is 14.2 Å². The molecule has 1 aromatic carbocycles. The minimum Gasteiger partial charge on any atom is -0.345 e. The average molecular weight is 332 g/mol. The summed E-state index contributed by atoms with van der Waals surface area (Å²) in [7, 11) is 1.84. The molecule has 0 bridgehead atoms. The van der Waals surface area contributed by atoms with Crippen molar-refractivity contribution in [2.45, 2.75) is 6.54 Å². The van der Waals surface area contributed by atoms with Gasteiger partial charge in [-0.15, -0.1) is 0 Å². The summed E-state index contributed by atoms with van der Waals surface area (Å²) in [6.45, 7) is 0.371. The number of rotatable bonds is 4. The van der Waals surface area contributed by atoms with Gasteiger partial charge in [0.05, 0.1) is 30.8 Å². The van der Waals surface area contributed by atoms with Crippen LogP contribution in [0.4, 0.5) is 0 Å². The van der Waals surface area contributed by atoms with E-state index in [1.54, 1.807) is 29.4 Å². The molecule has 4 rings (SSSR count). The number of benzene rings is 1. The minimum absolute atomic E-state index is 0.179. The van der Waals surface area contributed by atoms with Gasteiger partial charge >= 0.3 is 0 Å². The first kappa shape index (κ1) is 15.1. The van der Waals surface area contributed by atoms with E-state index in [4.69, 9.17) is 0 Å². The second-order valence-electron chi connectivity index (χ2n) is 5.63. The van der Waals surface area contributed by atoms with Crippen molar-refractivity contribution in [3.8, 4) is 11.4 Å². The second kappa shape index (κ2) is 6.20. The fourth-order valence-corrected chi connectivity index (χ4v) is 2.76. The molecule has 1 amide bonds. The zero-order chi connectivity index (χ0) is 17.2. The molecule has 0 aliphatic heterocycles. The second-order valence-corrected chi connectivity index (χ2v) is 5.63. The first-order chi connectivity index (χ1) is 12.2. The Morgan fingerprint density at radius 2 is 1.96 bits per heavy atom. The Bertz CT molecular complexity index is 1030. The third kappa shape index (κ3) is 2.76. The number of fused-ring (bicyclic) bond motifs is 1. The van der Waals surface area contributed by atoms with Gasteiger partial charge in [0.2, 0.25) is 0 Å². The van der Waals surface area contributed by atoms with Crippen LogP contribution in [0.5, 0.6) is 0 Å². The molecule has 0 radical (unpaired) electrons. The van der Waals surface area contributed by atoms with Crippen LogP contribution in [-0.4, -0.2) is 29.8 Å². The van der Waals surface area contributed by atoms with Crippen LogP contribution in [0.1, 0.15) is 16.2 Å². The summed E-state index contributed by atoms with van der Waals surface area (Å²) < 4.78 is 3.69. The predicted molar refractivity (Wildman–Crippen MR) is 92.8 cm³/mol. The van der Waals surface area contributed by atoms with Crippen molar-refractivity contribution in [2.24, 2.45) is 7.05 Å². The largest absolute Gasteiger partial charge is 0.345 e. The lowest BCUT2D eigenvalue weighted by Crippen LogP contribution is -2.25. The number of nitrogens with zero attached hydrogens (tertiary/aromatic N) is 5. The third-order valence-electron chi connectivity index (χ3n) is 4.08. The number of aromatic nitrogens is 5. The van der Waals surface area contributed by atoms with Gasteiger partial charge in [0.25, 0.3) is 5.91 Å². The van der Waals surface area contributed by atoms with Gasteiger partial charge in [-0.05, 0) is 0 Å². The third-order valence-corrected chi connectivity index (χ3v) is 4.08. The predicted octanol–water partition coefficient (Wildman–Crippen LogP) is 2.06. The first-order valence-corrected chi connectivity index (χ1v) is 7.85. The first-order valence-electron chi connectivity index (χ1n) is 7.85. The molecular weight excluding hydrogens is 316 g/mol. The molecule has 0 fully saturated rings. The molecule has 0 aliphatic carbocycles. The van der Waals surface area contributed by atoms with Gasteiger partial charge in [0.1, 0.15) is 11.5 Å². The highest BCUT2D eigenvalue weighted by molar-refractivity contribution is 5.93. The van der Waals surface area contributed by atoms with Crippen LogP contribution in [-0.2, 0) is 13.6 Å². The number of amides is 1. The van der Waals surface area contributed by atoms with Crippen molar-refractivity contribution in [3.05, 3.63) is 72.7 Å². The molecule has 25 heavy (non-hydrogen) atoms. The minimum atomic E-state index is -0.179. The molecule has 4 aromatic rings. The maximum absolute atomic E-state index is 12.5. The number of imidazole rings is 2. The molecule has 0 atom stereocenters. The summed E-state index contributed by atoms with van der Waals surface area (Å²) in [6, 6.07) is 9.78. The summed E-state index contributed by atoms with van der Waals surface area (Å²) in [5, 5.41) is 2.92. The number of hydrogen-bond donors (Lipinski definition) is 1. The highest BCUT2D eigenvalue weighted by Crippen LogP contribution is 2.18. The van der Waals surface area contributed by atoms with Crippen molar-refractivity contribution in [1.29, 1.82) is 0 Å². The lowest BCUT2D eigenvalue weighted by atomic mass is 10.2. The van der Waals surface area contributed by atoms with Crippen LogP contribution >= 0.6 is 0 Å². The van der Waals surface area contributed by atoms with Crippen LogP contribution in [0.25, 0.3) is 17.0 Å². The van der Waals surface area contributed by atoms with Crippen LogP contribution in [0.2, 0.25) is 0 Å². The average Bonchev–Trinajstić information content (AvgIpc) is 3.24. The van der Waals surface area contributed by atoms with Crippen molar-refractivity contribution in [2.75, 3.05) is 0 Å². The molecule has 3 heterocycles. The van der Waals surface area contributed by atoms with E-state index in [0.29, 0.717) is 12.2 Å². The number of carbonyl (C=O) groups excluding carboxylic acids is 1. The molecule has 7 heteroatoms. The number of nitrogens with one attached hydrogen (secondary N) is 1. The normalized spacial score (nSPS) is 10.9. The van der Waals surface area contributed by atoms with Crippen molar-refractivity contribution >= 4 is 11.6 Å². The summed E-state index contributed by atoms with van der Waals surface area (Å²) in [6.07, 6.45) is 8.51. The summed E-state index contributed by atoms with van der Waals surface area (Å²) in [5.41, 5.74) is 3.11. The highest BCUT2D eigenvalue weighted by Gasteiger charge is 2.15. The van der Waals surface area contributed by atoms with Crippen LogP contribution < -0.4 is 5.32 Å². The maximum Gasteiger partial charge on any atom is 0.269 e. The fourth-order valence-electron chi connectivity index (χ4n) is 2.76. The zero-order valence-electron chi connectivity index (χ0n) is 13.6. The Hall–Kier alpha value is -3.48. The van der Waals surface area contributed by atoms with Crippen LogP contribution in [0.15, 0.2) is 61.3 Å². The van der Waals surface area contributed by atoms with Gasteiger partial charge in [-0.1, -0.05) is 30.3 Å². The topological polar surface area (TPSA) is 77.1 Å². The standard InChI is InChI=1S/C18H16N6O/c1-23-15(11-21-17(23)13-5-3-2-4-6-13)18(25)22-10-14-9-20-16-12-19-7-8-24(14)16/h2-9,11-12H,10H2,1H3,(H,22,25). The Kier molecular flexibility index (Phi) is 3.74. The number of carbonyl (C=O) groups is 1. The molecular formula is C18H16N6O. The zero-order valence-corrected chi connectivity index (χ0v) is 13.6. The molecule has 0 spiro atoms. The van der Waals surface area contributed by atoms with Crippen LogP contribution in [0.3, 0.4) is 0 Å². The highest BCUT2D eigenvalue weighted by atomic mass is 16.1. The van der Waals surface area contributed by atoms with Gasteiger partial charge in [-0.2, -0.15) is 0 Å². The lowest BCUT2D eigenvalue weighted by molar-refractivity contribution is 0.0942. The Balaban J connectivity index is 1.53. The molecule has 1 N–H and O–H groups in total. The molecule has 0 aliphatic rings. The Morgan fingerprint density at radius 1 is 1.12 bits per heavy atom. The van der Waals surface area contributed by atoms with Gasteiger partial charge < -0.3 is 9.88 Å². The van der Waals surface area contributed by atoms with Crippen LogP contribution in [0, 0.1) is 0 Å². The van der Waals surface area contributed by atoms with E-state index >= 15 is 0 Å². The quantitative estimate of drug-likeness (QED) is 0.620. The van der Waals surface area contributed by atoms with E-state index in [-0.39, 0.29) is 5.91 Å². The van der Waals surface area contributed by atoms with Crippen molar-refractivity contribution < 1.29 is 4.79 Å². The summed E-state index contributed by atoms with van der Waals surface area (Å²) in [4.78, 5) is 25.2. The van der Waals surface area contributed by atoms with Crippen molar-refractivity contribution in [3.63, 3.8) is 0 Å². The summed E-state index contributed by atoms with van der Waals surface area (Å²) >= 11 is 0. The Morgan fingerprint density at radius 3 is 2.80 bits per heavy atom. The molecule has 0 unspecified atom stereocenters. The van der Waals surface area contributed by atoms with E-state index in [0.717, 1.165) is 22.7 Å². The van der Waals surface area contributed by atoms with E-state index in [2.05, 4.69) is 20.3 Å². The van der Waals surface area contributed by atoms with E-state index in [1.165, 1.54) is 0 Å². The maximum atomic E-state index is 12.5. The van der Waals surface area contributed by atoms with Crippen molar-refractivity contribution in [1.82, 2.24) is 29.2 Å². The Labute approximate surface area is 144 Å². The number of hydrogen-bond acceptors (Lipinski definition) is 4. The molecule has 0 saturated heterocycles. The lowest BCUT2D eigenvalue weighted by Gasteiger charge is -2.07. The van der Waals surface area contributed by atoms with E-state index in [9.17, 15) is 4.79 Å². The van der Waals surface area contributed by atoms with Gasteiger partial charge in [0.15, 0.2) is 5.65 Å². The molecule has 7 nitrogen and oxygen atoms in total. The van der Waals surface area contributed by atoms with E-state index < -0.39 is 0 Å². The monoisotopic (exact) mass is 332 g/mol. The molecule has 3 aromatic heterocycles. The fraction of sp³-hybridized carbons (Fsp3) is 0.111. The van der Waals surface area contributed by atoms with Gasteiger partial charge in [0, 0.05) is 25.0 Å². The smallest absolute Gasteiger partial charge is 0.269 e. The van der Waals surface area contributed by atoms with E-state index in [1.807, 2.05) is 48.0 Å². The molecule has 124 valence electrons.